The minimum atomic E-state index is -2.87. The molecule has 0 N–H and O–H groups in total. The summed E-state index contributed by atoms with van der Waals surface area (Å²) >= 11 is 0. The van der Waals surface area contributed by atoms with Crippen molar-refractivity contribution >= 4 is 0 Å². The van der Waals surface area contributed by atoms with Crippen LogP contribution in [0.3, 0.4) is 0 Å². The molecule has 1 saturated carbocycles. The number of hydrogen-bond acceptors (Lipinski definition) is 8. The quantitative estimate of drug-likeness (QED) is 0.607. The zero-order chi connectivity index (χ0) is 19.7. The van der Waals surface area contributed by atoms with Crippen molar-refractivity contribution in [2.45, 2.75) is 25.8 Å². The van der Waals surface area contributed by atoms with Gasteiger partial charge in [-0.05, 0) is 30.7 Å². The number of nitrogens with zero attached hydrogens (tertiary/aromatic N) is 7. The fourth-order valence-electron chi connectivity index (χ4n) is 2.84. The highest BCUT2D eigenvalue weighted by molar-refractivity contribution is 5.59. The number of rotatable bonds is 7. The topological polar surface area (TPSA) is 101 Å². The molecule has 3 aromatic heterocycles. The van der Waals surface area contributed by atoms with Gasteiger partial charge in [0.05, 0.1) is 19.9 Å². The Morgan fingerprint density at radius 2 is 2.11 bits per heavy atom. The van der Waals surface area contributed by atoms with Crippen LogP contribution in [-0.2, 0) is 0 Å². The summed E-state index contributed by atoms with van der Waals surface area (Å²) in [6, 6.07) is 3.82. The van der Waals surface area contributed by atoms with E-state index in [0.717, 1.165) is 12.1 Å². The first-order valence-corrected chi connectivity index (χ1v) is 8.59. The molecule has 4 rings (SSSR count). The normalized spacial score (nSPS) is 18.3. The molecule has 0 saturated heterocycles. The molecule has 3 aromatic rings. The predicted octanol–water partition coefficient (Wildman–Crippen LogP) is 2.42. The van der Waals surface area contributed by atoms with Gasteiger partial charge < -0.3 is 9.47 Å². The van der Waals surface area contributed by atoms with Gasteiger partial charge >= 0.3 is 6.55 Å². The molecule has 9 nitrogen and oxygen atoms in total. The molecule has 3 heterocycles. The van der Waals surface area contributed by atoms with E-state index in [9.17, 15) is 8.78 Å². The minimum Gasteiger partial charge on any atom is -0.495 e. The van der Waals surface area contributed by atoms with Crippen LogP contribution < -0.4 is 9.47 Å². The number of methoxy groups -OCH3 is 1. The molecule has 11 heteroatoms. The molecular formula is C17H17F2N7O2. The highest BCUT2D eigenvalue weighted by Crippen LogP contribution is 2.47. The molecule has 0 spiro atoms. The van der Waals surface area contributed by atoms with Gasteiger partial charge in [0.1, 0.15) is 17.1 Å². The van der Waals surface area contributed by atoms with Crippen LogP contribution in [0.4, 0.5) is 8.78 Å². The first-order valence-electron chi connectivity index (χ1n) is 8.59. The van der Waals surface area contributed by atoms with Crippen molar-refractivity contribution in [2.24, 2.45) is 5.92 Å². The third-order valence-electron chi connectivity index (χ3n) is 4.45. The van der Waals surface area contributed by atoms with Gasteiger partial charge in [-0.15, -0.1) is 10.2 Å². The summed E-state index contributed by atoms with van der Waals surface area (Å²) < 4.78 is 36.4. The molecule has 28 heavy (non-hydrogen) atoms. The Morgan fingerprint density at radius 1 is 1.25 bits per heavy atom. The fourth-order valence-corrected chi connectivity index (χ4v) is 2.84. The lowest BCUT2D eigenvalue weighted by atomic mass is 10.2. The summed E-state index contributed by atoms with van der Waals surface area (Å²) in [6.07, 6.45) is 4.08. The molecule has 0 amide bonds. The second-order valence-electron chi connectivity index (χ2n) is 6.38. The van der Waals surface area contributed by atoms with Crippen LogP contribution in [0, 0.1) is 12.8 Å². The van der Waals surface area contributed by atoms with E-state index in [2.05, 4.69) is 30.4 Å². The largest absolute Gasteiger partial charge is 0.495 e. The van der Waals surface area contributed by atoms with Crippen molar-refractivity contribution in [3.63, 3.8) is 0 Å². The van der Waals surface area contributed by atoms with E-state index in [1.807, 2.05) is 12.1 Å². The molecule has 1 aliphatic rings. The molecule has 1 aliphatic carbocycles. The van der Waals surface area contributed by atoms with Crippen LogP contribution in [0.25, 0.3) is 11.4 Å². The van der Waals surface area contributed by atoms with Gasteiger partial charge in [0.15, 0.2) is 0 Å². The highest BCUT2D eigenvalue weighted by Gasteiger charge is 2.40. The summed E-state index contributed by atoms with van der Waals surface area (Å²) in [6.45, 7) is -0.757. The van der Waals surface area contributed by atoms with Gasteiger partial charge in [0.25, 0.3) is 0 Å². The number of hydrogen-bond donors (Lipinski definition) is 0. The van der Waals surface area contributed by atoms with Gasteiger partial charge in [0.2, 0.25) is 11.7 Å². The molecule has 0 radical (unpaired) electrons. The molecule has 0 aliphatic heterocycles. The standard InChI is InChI=1S/C17H17F2N7O2/c1-9-20-7-13(15-23-25-26(24-15)17(18)19)16(22-9)28-8-10-5-12(10)14-4-3-11(27-2)6-21-14/h3-4,6-7,10,12,17H,5,8H2,1-2H3. The maximum absolute atomic E-state index is 12.7. The number of tetrazole rings is 1. The molecule has 2 atom stereocenters. The molecule has 1 fully saturated rings. The number of aryl methyl sites for hydroxylation is 1. The Labute approximate surface area is 158 Å². The van der Waals surface area contributed by atoms with E-state index in [4.69, 9.17) is 9.47 Å². The van der Waals surface area contributed by atoms with Gasteiger partial charge in [0, 0.05) is 23.7 Å². The predicted molar refractivity (Wildman–Crippen MR) is 92.0 cm³/mol. The van der Waals surface area contributed by atoms with Gasteiger partial charge in [-0.1, -0.05) is 4.80 Å². The maximum atomic E-state index is 12.7. The summed E-state index contributed by atoms with van der Waals surface area (Å²) in [4.78, 5) is 13.0. The van der Waals surface area contributed by atoms with Gasteiger partial charge in [-0.25, -0.2) is 4.98 Å². The average Bonchev–Trinajstić information content (AvgIpc) is 3.31. The van der Waals surface area contributed by atoms with Crippen LogP contribution in [0.2, 0.25) is 0 Å². The van der Waals surface area contributed by atoms with Gasteiger partial charge in [-0.3, -0.25) is 4.98 Å². The minimum absolute atomic E-state index is 0.0144. The number of pyridine rings is 1. The van der Waals surface area contributed by atoms with Crippen LogP contribution in [0.15, 0.2) is 24.5 Å². The maximum Gasteiger partial charge on any atom is 0.350 e. The Kier molecular flexibility index (Phi) is 4.80. The molecule has 146 valence electrons. The van der Waals surface area contributed by atoms with Crippen molar-refractivity contribution in [3.8, 4) is 23.0 Å². The smallest absolute Gasteiger partial charge is 0.350 e. The van der Waals surface area contributed by atoms with Crippen LogP contribution in [-0.4, -0.2) is 48.9 Å². The number of ether oxygens (including phenoxy) is 2. The Morgan fingerprint density at radius 3 is 2.79 bits per heavy atom. The fraction of sp³-hybridized carbons (Fsp3) is 0.412. The van der Waals surface area contributed by atoms with E-state index in [1.165, 1.54) is 6.20 Å². The van der Waals surface area contributed by atoms with E-state index < -0.39 is 6.55 Å². The average molecular weight is 389 g/mol. The second kappa shape index (κ2) is 7.41. The van der Waals surface area contributed by atoms with E-state index in [0.29, 0.717) is 29.7 Å². The summed E-state index contributed by atoms with van der Waals surface area (Å²) in [7, 11) is 1.60. The van der Waals surface area contributed by atoms with E-state index in [1.54, 1.807) is 20.2 Å². The third kappa shape index (κ3) is 3.73. The first-order chi connectivity index (χ1) is 13.5. The first kappa shape index (κ1) is 18.1. The summed E-state index contributed by atoms with van der Waals surface area (Å²) in [5.74, 6) is 2.02. The van der Waals surface area contributed by atoms with E-state index >= 15 is 0 Å². The monoisotopic (exact) mass is 389 g/mol. The molecule has 0 bridgehead atoms. The zero-order valence-electron chi connectivity index (χ0n) is 15.2. The molecular weight excluding hydrogens is 372 g/mol. The highest BCUT2D eigenvalue weighted by atomic mass is 19.3. The zero-order valence-corrected chi connectivity index (χ0v) is 15.2. The van der Waals surface area contributed by atoms with Crippen molar-refractivity contribution in [3.05, 3.63) is 36.0 Å². The van der Waals surface area contributed by atoms with Crippen molar-refractivity contribution in [2.75, 3.05) is 13.7 Å². The lowest BCUT2D eigenvalue weighted by Gasteiger charge is -2.08. The lowest BCUT2D eigenvalue weighted by Crippen LogP contribution is -2.06. The molecule has 0 aromatic carbocycles. The molecule has 2 unspecified atom stereocenters. The van der Waals surface area contributed by atoms with Crippen molar-refractivity contribution in [1.29, 1.82) is 0 Å². The summed E-state index contributed by atoms with van der Waals surface area (Å²) in [5, 5.41) is 10.6. The van der Waals surface area contributed by atoms with Crippen LogP contribution >= 0.6 is 0 Å². The Hall–Kier alpha value is -3.24. The Balaban J connectivity index is 1.45. The second-order valence-corrected chi connectivity index (χ2v) is 6.38. The van der Waals surface area contributed by atoms with Gasteiger partial charge in [-0.2, -0.15) is 13.8 Å². The summed E-state index contributed by atoms with van der Waals surface area (Å²) in [5.41, 5.74) is 1.30. The van der Waals surface area contributed by atoms with Crippen LogP contribution in [0.5, 0.6) is 11.6 Å². The number of alkyl halides is 2. The number of halogens is 2. The Bertz CT molecular complexity index is 964. The van der Waals surface area contributed by atoms with Crippen LogP contribution in [0.1, 0.15) is 30.4 Å². The van der Waals surface area contributed by atoms with Crippen molar-refractivity contribution in [1.82, 2.24) is 35.2 Å². The third-order valence-corrected chi connectivity index (χ3v) is 4.45. The van der Waals surface area contributed by atoms with E-state index in [-0.39, 0.29) is 22.4 Å². The number of aromatic nitrogens is 7. The lowest BCUT2D eigenvalue weighted by molar-refractivity contribution is 0.0397. The van der Waals surface area contributed by atoms with Crippen molar-refractivity contribution < 1.29 is 18.3 Å². The SMILES string of the molecule is COc1ccc(C2CC2COc2nc(C)ncc2-c2nnn(C(F)F)n2)nc1.